The van der Waals surface area contributed by atoms with Gasteiger partial charge in [0, 0.05) is 19.5 Å². The first-order valence-electron chi connectivity index (χ1n) is 9.40. The minimum atomic E-state index is -0.998. The largest absolute Gasteiger partial charge is 0.504 e. The number of phenols is 2. The summed E-state index contributed by atoms with van der Waals surface area (Å²) >= 11 is 0. The number of ether oxygens (including phenoxy) is 3. The molecule has 2 aliphatic heterocycles. The zero-order chi connectivity index (χ0) is 21.0. The molecule has 10 nitrogen and oxygen atoms in total. The predicted octanol–water partition coefficient (Wildman–Crippen LogP) is -0.686. The maximum Gasteiger partial charge on any atom is 0.338 e. The van der Waals surface area contributed by atoms with E-state index in [1.54, 1.807) is 17.9 Å². The van der Waals surface area contributed by atoms with Crippen molar-refractivity contribution in [2.45, 2.75) is 31.6 Å². The Kier molecular flexibility index (Phi) is 6.55. The first kappa shape index (κ1) is 20.9. The molecule has 0 radical (unpaired) electrons. The van der Waals surface area contributed by atoms with Crippen LogP contribution in [0.5, 0.6) is 11.5 Å². The fourth-order valence-corrected chi connectivity index (χ4v) is 3.11. The molecule has 2 heterocycles. The molecule has 3 atom stereocenters. The summed E-state index contributed by atoms with van der Waals surface area (Å²) in [5.74, 6) is -2.11. The monoisotopic (exact) mass is 408 g/mol. The van der Waals surface area contributed by atoms with Crippen LogP contribution in [0.25, 0.3) is 0 Å². The van der Waals surface area contributed by atoms with Crippen molar-refractivity contribution in [3.8, 4) is 11.5 Å². The Bertz CT molecular complexity index is 777. The molecular formula is C19H24N2O8. The number of rotatable bonds is 7. The number of benzene rings is 1. The van der Waals surface area contributed by atoms with E-state index in [1.807, 2.05) is 0 Å². The number of carbonyl (C=O) groups is 3. The second kappa shape index (κ2) is 9.10. The topological polar surface area (TPSA) is 138 Å². The molecule has 1 aromatic rings. The van der Waals surface area contributed by atoms with Gasteiger partial charge in [0.1, 0.15) is 6.04 Å². The van der Waals surface area contributed by atoms with E-state index in [1.165, 1.54) is 12.1 Å². The summed E-state index contributed by atoms with van der Waals surface area (Å²) in [7, 11) is 0. The number of morpholine rings is 1. The zero-order valence-electron chi connectivity index (χ0n) is 16.0. The van der Waals surface area contributed by atoms with E-state index in [0.717, 1.165) is 0 Å². The summed E-state index contributed by atoms with van der Waals surface area (Å²) in [5, 5.41) is 21.8. The van der Waals surface area contributed by atoms with Crippen LogP contribution in [0.4, 0.5) is 0 Å². The molecule has 0 spiro atoms. The van der Waals surface area contributed by atoms with Crippen molar-refractivity contribution in [1.82, 2.24) is 10.2 Å². The third-order valence-corrected chi connectivity index (χ3v) is 4.69. The van der Waals surface area contributed by atoms with Gasteiger partial charge in [-0.1, -0.05) is 6.07 Å². The van der Waals surface area contributed by atoms with Crippen LogP contribution < -0.4 is 5.32 Å². The maximum absolute atomic E-state index is 13.0. The van der Waals surface area contributed by atoms with Crippen molar-refractivity contribution in [3.05, 3.63) is 23.8 Å². The van der Waals surface area contributed by atoms with Gasteiger partial charge in [-0.05, 0) is 24.6 Å². The number of esters is 1. The van der Waals surface area contributed by atoms with Crippen LogP contribution in [0.3, 0.4) is 0 Å². The Morgan fingerprint density at radius 2 is 1.93 bits per heavy atom. The second-order valence-corrected chi connectivity index (χ2v) is 6.76. The summed E-state index contributed by atoms with van der Waals surface area (Å²) in [5.41, 5.74) is 0.547. The number of phenolic OH excluding ortho intramolecular Hbond substituents is 2. The fourth-order valence-electron chi connectivity index (χ4n) is 3.11. The van der Waals surface area contributed by atoms with Crippen molar-refractivity contribution in [2.24, 2.45) is 0 Å². The van der Waals surface area contributed by atoms with E-state index in [9.17, 15) is 24.6 Å². The highest BCUT2D eigenvalue weighted by Gasteiger charge is 2.52. The van der Waals surface area contributed by atoms with Crippen molar-refractivity contribution >= 4 is 17.8 Å². The summed E-state index contributed by atoms with van der Waals surface area (Å²) in [6.45, 7) is 3.44. The van der Waals surface area contributed by atoms with Gasteiger partial charge < -0.3 is 34.6 Å². The van der Waals surface area contributed by atoms with Crippen molar-refractivity contribution in [1.29, 1.82) is 0 Å². The molecule has 0 aromatic heterocycles. The van der Waals surface area contributed by atoms with Crippen LogP contribution in [0.1, 0.15) is 12.5 Å². The number of nitrogens with one attached hydrogen (secondary N) is 1. The second-order valence-electron chi connectivity index (χ2n) is 6.76. The molecule has 3 rings (SSSR count). The number of aromatic hydroxyl groups is 2. The lowest BCUT2D eigenvalue weighted by Crippen LogP contribution is -2.53. The van der Waals surface area contributed by atoms with E-state index in [4.69, 9.17) is 14.2 Å². The highest BCUT2D eigenvalue weighted by molar-refractivity contribution is 5.95. The summed E-state index contributed by atoms with van der Waals surface area (Å²) in [4.78, 5) is 38.7. The van der Waals surface area contributed by atoms with Crippen LogP contribution in [-0.2, 0) is 35.0 Å². The summed E-state index contributed by atoms with van der Waals surface area (Å²) in [6.07, 6.45) is -1.87. The third-order valence-electron chi connectivity index (χ3n) is 4.69. The molecule has 158 valence electrons. The van der Waals surface area contributed by atoms with Gasteiger partial charge in [-0.15, -0.1) is 0 Å². The number of amides is 2. The van der Waals surface area contributed by atoms with E-state index in [0.29, 0.717) is 31.9 Å². The van der Waals surface area contributed by atoms with Crippen molar-refractivity contribution < 1.29 is 38.8 Å². The Morgan fingerprint density at radius 3 is 2.59 bits per heavy atom. The number of hydrogen-bond donors (Lipinski definition) is 3. The van der Waals surface area contributed by atoms with E-state index >= 15 is 0 Å². The van der Waals surface area contributed by atoms with Gasteiger partial charge in [0.05, 0.1) is 19.8 Å². The van der Waals surface area contributed by atoms with Crippen molar-refractivity contribution in [3.63, 3.8) is 0 Å². The van der Waals surface area contributed by atoms with E-state index < -0.39 is 30.1 Å². The predicted molar refractivity (Wildman–Crippen MR) is 98.1 cm³/mol. The van der Waals surface area contributed by atoms with Crippen LogP contribution in [-0.4, -0.2) is 84.1 Å². The van der Waals surface area contributed by atoms with E-state index in [-0.39, 0.29) is 30.4 Å². The lowest BCUT2D eigenvalue weighted by molar-refractivity contribution is -0.144. The highest BCUT2D eigenvalue weighted by Crippen LogP contribution is 2.26. The van der Waals surface area contributed by atoms with Gasteiger partial charge in [0.2, 0.25) is 5.91 Å². The molecule has 2 amide bonds. The molecule has 2 fully saturated rings. The smallest absolute Gasteiger partial charge is 0.338 e. The number of carbonyl (C=O) groups excluding carboxylic acids is 3. The Hall–Kier alpha value is -2.85. The van der Waals surface area contributed by atoms with E-state index in [2.05, 4.69) is 5.32 Å². The molecule has 0 bridgehead atoms. The molecular weight excluding hydrogens is 384 g/mol. The molecule has 2 aliphatic rings. The lowest BCUT2D eigenvalue weighted by Gasteiger charge is -2.30. The standard InChI is InChI=1S/C19H24N2O8/c1-2-28-19(26)16-15(29-16)17(24)20-12(18(25)21-5-7-27-8-6-21)9-11-3-4-13(22)14(23)10-11/h3-4,10,12,15-16,22-23H,2,5-9H2,1H3,(H,20,24)/t12-,15-,16-/m0/s1. The molecule has 10 heteroatoms. The average molecular weight is 408 g/mol. The first-order chi connectivity index (χ1) is 13.9. The normalized spacial score (nSPS) is 21.9. The quantitative estimate of drug-likeness (QED) is 0.306. The number of nitrogens with zero attached hydrogens (tertiary/aromatic N) is 1. The van der Waals surface area contributed by atoms with Gasteiger partial charge in [-0.3, -0.25) is 9.59 Å². The Balaban J connectivity index is 1.70. The minimum Gasteiger partial charge on any atom is -0.504 e. The van der Waals surface area contributed by atoms with Crippen LogP contribution in [0.2, 0.25) is 0 Å². The van der Waals surface area contributed by atoms with Crippen LogP contribution >= 0.6 is 0 Å². The van der Waals surface area contributed by atoms with Gasteiger partial charge in [0.25, 0.3) is 5.91 Å². The van der Waals surface area contributed by atoms with Crippen LogP contribution in [0, 0.1) is 0 Å². The van der Waals surface area contributed by atoms with Gasteiger partial charge in [0.15, 0.2) is 23.7 Å². The lowest BCUT2D eigenvalue weighted by atomic mass is 10.0. The Morgan fingerprint density at radius 1 is 1.21 bits per heavy atom. The first-order valence-corrected chi connectivity index (χ1v) is 9.40. The molecule has 0 saturated carbocycles. The van der Waals surface area contributed by atoms with Gasteiger partial charge in [-0.25, -0.2) is 4.79 Å². The molecule has 1 aromatic carbocycles. The molecule has 29 heavy (non-hydrogen) atoms. The van der Waals surface area contributed by atoms with Gasteiger partial charge >= 0.3 is 5.97 Å². The van der Waals surface area contributed by atoms with Crippen LogP contribution in [0.15, 0.2) is 18.2 Å². The molecule has 3 N–H and O–H groups in total. The summed E-state index contributed by atoms with van der Waals surface area (Å²) < 4.78 is 15.2. The zero-order valence-corrected chi connectivity index (χ0v) is 16.0. The molecule has 0 unspecified atom stereocenters. The minimum absolute atomic E-state index is 0.0898. The molecule has 0 aliphatic carbocycles. The molecule has 2 saturated heterocycles. The number of hydrogen-bond acceptors (Lipinski definition) is 8. The highest BCUT2D eigenvalue weighted by atomic mass is 16.6. The maximum atomic E-state index is 13.0. The van der Waals surface area contributed by atoms with Crippen molar-refractivity contribution in [2.75, 3.05) is 32.9 Å². The summed E-state index contributed by atoms with van der Waals surface area (Å²) in [6, 6.07) is 3.26. The Labute approximate surface area is 167 Å². The third kappa shape index (κ3) is 5.15. The SMILES string of the molecule is CCOC(=O)[C@H]1O[C@@H]1C(=O)N[C@@H](Cc1ccc(O)c(O)c1)C(=O)N1CCOCC1. The number of epoxide rings is 1. The van der Waals surface area contributed by atoms with Gasteiger partial charge in [-0.2, -0.15) is 0 Å². The average Bonchev–Trinajstić information content (AvgIpc) is 3.52. The fraction of sp³-hybridized carbons (Fsp3) is 0.526.